The quantitative estimate of drug-likeness (QED) is 0.686. The summed E-state index contributed by atoms with van der Waals surface area (Å²) in [5, 5.41) is 0.523. The van der Waals surface area contributed by atoms with Gasteiger partial charge in [-0.15, -0.1) is 0 Å². The fraction of sp³-hybridized carbons (Fsp3) is 0.278. The van der Waals surface area contributed by atoms with E-state index in [1.165, 1.54) is 30.3 Å². The van der Waals surface area contributed by atoms with Crippen LogP contribution in [-0.2, 0) is 14.8 Å². The van der Waals surface area contributed by atoms with Crippen LogP contribution in [0.15, 0.2) is 53.4 Å². The third-order valence-corrected chi connectivity index (χ3v) is 6.44. The molecular weight excluding hydrogens is 395 g/mol. The molecule has 0 unspecified atom stereocenters. The lowest BCUT2D eigenvalue weighted by Gasteiger charge is -2.27. The lowest BCUT2D eigenvalue weighted by atomic mass is 10.3. The lowest BCUT2D eigenvalue weighted by molar-refractivity contribution is -0.129. The average molecular weight is 415 g/mol. The van der Waals surface area contributed by atoms with Crippen LogP contribution in [0.4, 0.5) is 5.69 Å². The Hall–Kier alpha value is -1.76. The molecule has 0 heterocycles. The van der Waals surface area contributed by atoms with Crippen molar-refractivity contribution in [3.8, 4) is 0 Å². The monoisotopic (exact) mass is 414 g/mol. The zero-order chi connectivity index (χ0) is 19.3. The van der Waals surface area contributed by atoms with Crippen LogP contribution in [0.2, 0.25) is 10.0 Å². The fourth-order valence-corrected chi connectivity index (χ4v) is 4.19. The topological polar surface area (TPSA) is 57.7 Å². The number of likely N-dealkylation sites (N-methyl/N-ethyl adjacent to an activating group) is 1. The van der Waals surface area contributed by atoms with E-state index in [-0.39, 0.29) is 28.1 Å². The van der Waals surface area contributed by atoms with Crippen LogP contribution < -0.4 is 4.31 Å². The van der Waals surface area contributed by atoms with Crippen molar-refractivity contribution in [3.05, 3.63) is 58.6 Å². The first kappa shape index (κ1) is 20.6. The molecule has 0 aliphatic rings. The minimum absolute atomic E-state index is 0.0958. The first-order valence-electron chi connectivity index (χ1n) is 8.11. The van der Waals surface area contributed by atoms with E-state index in [0.717, 1.165) is 4.31 Å². The number of sulfonamides is 1. The van der Waals surface area contributed by atoms with Crippen LogP contribution in [0.25, 0.3) is 0 Å². The molecule has 0 aliphatic carbocycles. The Labute approximate surface area is 164 Å². The van der Waals surface area contributed by atoms with Gasteiger partial charge in [-0.25, -0.2) is 8.42 Å². The molecule has 0 N–H and O–H groups in total. The molecular formula is C18H20Cl2N2O3S. The van der Waals surface area contributed by atoms with E-state index in [2.05, 4.69) is 0 Å². The highest BCUT2D eigenvalue weighted by atomic mass is 35.5. The number of rotatable bonds is 7. The fourth-order valence-electron chi connectivity index (χ4n) is 2.47. The number of hydrogen-bond acceptors (Lipinski definition) is 3. The molecule has 8 heteroatoms. The second-order valence-electron chi connectivity index (χ2n) is 5.49. The second-order valence-corrected chi connectivity index (χ2v) is 8.17. The Morgan fingerprint density at radius 3 is 2.12 bits per heavy atom. The van der Waals surface area contributed by atoms with Crippen LogP contribution in [0.1, 0.15) is 13.8 Å². The number of halogens is 2. The van der Waals surface area contributed by atoms with Gasteiger partial charge < -0.3 is 4.90 Å². The van der Waals surface area contributed by atoms with E-state index in [4.69, 9.17) is 23.2 Å². The number of nitrogens with zero attached hydrogens (tertiary/aromatic N) is 2. The summed E-state index contributed by atoms with van der Waals surface area (Å²) in [6.45, 7) is 4.36. The molecule has 1 amide bonds. The van der Waals surface area contributed by atoms with Crippen LogP contribution in [0.5, 0.6) is 0 Å². The molecule has 0 bridgehead atoms. The third kappa shape index (κ3) is 4.50. The Morgan fingerprint density at radius 1 is 0.962 bits per heavy atom. The molecule has 0 saturated carbocycles. The standard InChI is InChI=1S/C18H20Cl2N2O3S/c1-3-21(4-2)18(23)13-22(14-10-11-16(19)17(20)12-14)26(24,25)15-8-6-5-7-9-15/h5-12H,3-4,13H2,1-2H3. The van der Waals surface area contributed by atoms with Gasteiger partial charge in [0.15, 0.2) is 0 Å². The predicted octanol–water partition coefficient (Wildman–Crippen LogP) is 4.06. The van der Waals surface area contributed by atoms with Crippen molar-refractivity contribution < 1.29 is 13.2 Å². The summed E-state index contributed by atoms with van der Waals surface area (Å²) < 4.78 is 27.3. The molecule has 2 aromatic rings. The first-order chi connectivity index (χ1) is 12.3. The Kier molecular flexibility index (Phi) is 6.92. The van der Waals surface area contributed by atoms with Crippen molar-refractivity contribution in [1.29, 1.82) is 0 Å². The van der Waals surface area contributed by atoms with Gasteiger partial charge in [-0.05, 0) is 44.2 Å². The summed E-state index contributed by atoms with van der Waals surface area (Å²) in [6, 6.07) is 12.4. The molecule has 0 spiro atoms. The molecule has 0 atom stereocenters. The van der Waals surface area contributed by atoms with Crippen molar-refractivity contribution in [3.63, 3.8) is 0 Å². The number of carbonyl (C=O) groups is 1. The molecule has 0 aliphatic heterocycles. The lowest BCUT2D eigenvalue weighted by Crippen LogP contribution is -2.43. The molecule has 0 radical (unpaired) electrons. The van der Waals surface area contributed by atoms with E-state index in [1.807, 2.05) is 13.8 Å². The van der Waals surface area contributed by atoms with E-state index in [1.54, 1.807) is 23.1 Å². The summed E-state index contributed by atoms with van der Waals surface area (Å²) in [7, 11) is -3.94. The zero-order valence-corrected chi connectivity index (χ0v) is 16.9. The zero-order valence-electron chi connectivity index (χ0n) is 14.5. The molecule has 140 valence electrons. The van der Waals surface area contributed by atoms with E-state index < -0.39 is 10.0 Å². The summed E-state index contributed by atoms with van der Waals surface area (Å²) in [5.41, 5.74) is 0.281. The van der Waals surface area contributed by atoms with Crippen LogP contribution in [-0.4, -0.2) is 38.9 Å². The van der Waals surface area contributed by atoms with Crippen molar-refractivity contribution >= 4 is 44.8 Å². The Bertz CT molecular complexity index is 869. The number of amides is 1. The normalized spacial score (nSPS) is 11.2. The molecule has 0 fully saturated rings. The van der Waals surface area contributed by atoms with Crippen LogP contribution in [0, 0.1) is 0 Å². The van der Waals surface area contributed by atoms with Gasteiger partial charge in [0.05, 0.1) is 20.6 Å². The molecule has 2 rings (SSSR count). The summed E-state index contributed by atoms with van der Waals surface area (Å²) >= 11 is 12.0. The van der Waals surface area contributed by atoms with Gasteiger partial charge in [-0.2, -0.15) is 0 Å². The maximum atomic E-state index is 13.1. The molecule has 5 nitrogen and oxygen atoms in total. The van der Waals surface area contributed by atoms with Crippen molar-refractivity contribution in [1.82, 2.24) is 4.90 Å². The maximum absolute atomic E-state index is 13.1. The smallest absolute Gasteiger partial charge is 0.264 e. The van der Waals surface area contributed by atoms with Gasteiger partial charge in [-0.1, -0.05) is 41.4 Å². The number of hydrogen-bond donors (Lipinski definition) is 0. The summed E-state index contributed by atoms with van der Waals surface area (Å²) in [4.78, 5) is 14.2. The highest BCUT2D eigenvalue weighted by Gasteiger charge is 2.28. The van der Waals surface area contributed by atoms with E-state index in [0.29, 0.717) is 18.1 Å². The predicted molar refractivity (Wildman–Crippen MR) is 105 cm³/mol. The summed E-state index contributed by atoms with van der Waals surface area (Å²) in [6.07, 6.45) is 0. The maximum Gasteiger partial charge on any atom is 0.264 e. The molecule has 26 heavy (non-hydrogen) atoms. The average Bonchev–Trinajstić information content (AvgIpc) is 2.63. The Balaban J connectivity index is 2.51. The van der Waals surface area contributed by atoms with Gasteiger partial charge in [0.25, 0.3) is 10.0 Å². The van der Waals surface area contributed by atoms with Gasteiger partial charge in [-0.3, -0.25) is 9.10 Å². The largest absolute Gasteiger partial charge is 0.342 e. The minimum Gasteiger partial charge on any atom is -0.342 e. The highest BCUT2D eigenvalue weighted by Crippen LogP contribution is 2.30. The van der Waals surface area contributed by atoms with Crippen molar-refractivity contribution in [2.45, 2.75) is 18.7 Å². The van der Waals surface area contributed by atoms with Crippen molar-refractivity contribution in [2.75, 3.05) is 23.9 Å². The van der Waals surface area contributed by atoms with Crippen LogP contribution in [0.3, 0.4) is 0 Å². The first-order valence-corrected chi connectivity index (χ1v) is 10.3. The van der Waals surface area contributed by atoms with E-state index >= 15 is 0 Å². The Morgan fingerprint density at radius 2 is 1.58 bits per heavy atom. The molecule has 0 aromatic heterocycles. The van der Waals surface area contributed by atoms with Gasteiger partial charge >= 0.3 is 0 Å². The van der Waals surface area contributed by atoms with Crippen LogP contribution >= 0.6 is 23.2 Å². The molecule has 0 saturated heterocycles. The number of anilines is 1. The number of benzene rings is 2. The second kappa shape index (κ2) is 8.75. The molecule has 2 aromatic carbocycles. The van der Waals surface area contributed by atoms with Gasteiger partial charge in [0, 0.05) is 13.1 Å². The number of carbonyl (C=O) groups excluding carboxylic acids is 1. The summed E-state index contributed by atoms with van der Waals surface area (Å²) in [5.74, 6) is -0.291. The third-order valence-electron chi connectivity index (χ3n) is 3.92. The van der Waals surface area contributed by atoms with Gasteiger partial charge in [0.1, 0.15) is 6.54 Å². The highest BCUT2D eigenvalue weighted by molar-refractivity contribution is 7.92. The van der Waals surface area contributed by atoms with Gasteiger partial charge in [0.2, 0.25) is 5.91 Å². The van der Waals surface area contributed by atoms with E-state index in [9.17, 15) is 13.2 Å². The minimum atomic E-state index is -3.94. The van der Waals surface area contributed by atoms with Crippen molar-refractivity contribution in [2.24, 2.45) is 0 Å². The SMILES string of the molecule is CCN(CC)C(=O)CN(c1ccc(Cl)c(Cl)c1)S(=O)(=O)c1ccccc1.